The van der Waals surface area contributed by atoms with Crippen LogP contribution in [-0.4, -0.2) is 9.97 Å². The molecule has 10 aromatic carbocycles. The Morgan fingerprint density at radius 3 is 1.34 bits per heavy atom. The molecule has 2 heterocycles. The highest BCUT2D eigenvalue weighted by molar-refractivity contribution is 7.22. The minimum absolute atomic E-state index is 1.04. The summed E-state index contributed by atoms with van der Waals surface area (Å²) in [4.78, 5) is 10.1. The highest BCUT2D eigenvalue weighted by Gasteiger charge is 2.23. The third-order valence-electron chi connectivity index (χ3n) is 12.2. The monoisotopic (exact) mass is 826 g/mol. The SMILES string of the molecule is Cc1ccc2nc(-c3ccc(-c4c5cc6ccccc6cc5c(-c5ccc(-c6nc7ccc(C)cc7s6)cc5)c5c(-c6ccccc6)c(-c6ccccc6)ccc45)cc3)sc2c1. The number of thiazole rings is 2. The molecule has 4 heteroatoms. The fourth-order valence-corrected chi connectivity index (χ4v) is 11.4. The summed E-state index contributed by atoms with van der Waals surface area (Å²) in [5.41, 5.74) is 16.5. The molecule has 0 aliphatic heterocycles. The van der Waals surface area contributed by atoms with E-state index in [1.807, 2.05) is 0 Å². The van der Waals surface area contributed by atoms with Crippen LogP contribution in [0.1, 0.15) is 11.1 Å². The first-order valence-corrected chi connectivity index (χ1v) is 22.7. The lowest BCUT2D eigenvalue weighted by Gasteiger charge is -2.23. The van der Waals surface area contributed by atoms with Crippen molar-refractivity contribution in [2.45, 2.75) is 13.8 Å². The molecule has 0 unspecified atom stereocenters. The van der Waals surface area contributed by atoms with Gasteiger partial charge in [-0.25, -0.2) is 9.97 Å². The summed E-state index contributed by atoms with van der Waals surface area (Å²) in [6, 6.07) is 71.4. The molecule has 62 heavy (non-hydrogen) atoms. The smallest absolute Gasteiger partial charge is 0.124 e. The molecule has 0 saturated heterocycles. The molecule has 12 rings (SSSR count). The number of fused-ring (bicyclic) bond motifs is 5. The number of aromatic nitrogens is 2. The lowest BCUT2D eigenvalue weighted by Crippen LogP contribution is -1.96. The van der Waals surface area contributed by atoms with Crippen LogP contribution in [0.2, 0.25) is 0 Å². The third kappa shape index (κ3) is 6.22. The van der Waals surface area contributed by atoms with Crippen LogP contribution in [0.4, 0.5) is 0 Å². The van der Waals surface area contributed by atoms with E-state index in [0.717, 1.165) is 32.2 Å². The first-order chi connectivity index (χ1) is 30.5. The van der Waals surface area contributed by atoms with E-state index in [1.165, 1.54) is 97.4 Å². The normalized spacial score (nSPS) is 11.7. The van der Waals surface area contributed by atoms with Gasteiger partial charge in [0.15, 0.2) is 0 Å². The van der Waals surface area contributed by atoms with E-state index < -0.39 is 0 Å². The Morgan fingerprint density at radius 2 is 0.790 bits per heavy atom. The quantitative estimate of drug-likeness (QED) is 0.156. The number of hydrogen-bond donors (Lipinski definition) is 0. The summed E-state index contributed by atoms with van der Waals surface area (Å²) in [5.74, 6) is 0. The topological polar surface area (TPSA) is 25.8 Å². The molecule has 0 spiro atoms. The number of benzene rings is 10. The van der Waals surface area contributed by atoms with Gasteiger partial charge in [-0.05, 0) is 138 Å². The number of nitrogens with zero attached hydrogens (tertiary/aromatic N) is 2. The maximum atomic E-state index is 5.06. The molecule has 0 amide bonds. The van der Waals surface area contributed by atoms with E-state index in [2.05, 4.69) is 208 Å². The minimum atomic E-state index is 1.04. The first-order valence-electron chi connectivity index (χ1n) is 21.0. The van der Waals surface area contributed by atoms with Gasteiger partial charge >= 0.3 is 0 Å². The Labute approximate surface area is 368 Å². The Hall–Kier alpha value is -7.24. The van der Waals surface area contributed by atoms with Gasteiger partial charge in [0.2, 0.25) is 0 Å². The van der Waals surface area contributed by atoms with Crippen molar-refractivity contribution in [2.24, 2.45) is 0 Å². The molecule has 0 bridgehead atoms. The lowest BCUT2D eigenvalue weighted by atomic mass is 9.80. The Balaban J connectivity index is 1.16. The first kappa shape index (κ1) is 36.6. The van der Waals surface area contributed by atoms with Gasteiger partial charge < -0.3 is 0 Å². The molecule has 0 fully saturated rings. The van der Waals surface area contributed by atoms with Crippen LogP contribution < -0.4 is 0 Å². The maximum absolute atomic E-state index is 5.06. The van der Waals surface area contributed by atoms with Gasteiger partial charge in [0, 0.05) is 11.1 Å². The Kier molecular flexibility index (Phi) is 8.70. The van der Waals surface area contributed by atoms with Gasteiger partial charge in [0.1, 0.15) is 10.0 Å². The van der Waals surface area contributed by atoms with Crippen molar-refractivity contribution >= 4 is 75.4 Å². The van der Waals surface area contributed by atoms with Gasteiger partial charge in [0.25, 0.3) is 0 Å². The zero-order chi connectivity index (χ0) is 41.3. The van der Waals surface area contributed by atoms with E-state index in [4.69, 9.17) is 9.97 Å². The van der Waals surface area contributed by atoms with Gasteiger partial charge in [-0.1, -0.05) is 158 Å². The average Bonchev–Trinajstić information content (AvgIpc) is 3.95. The molecule has 0 saturated carbocycles. The highest BCUT2D eigenvalue weighted by Crippen LogP contribution is 2.51. The van der Waals surface area contributed by atoms with Crippen LogP contribution in [0, 0.1) is 13.8 Å². The second-order valence-corrected chi connectivity index (χ2v) is 18.3. The molecular formula is C58H38N2S2. The molecule has 0 aliphatic rings. The Morgan fingerprint density at radius 1 is 0.339 bits per heavy atom. The molecule has 0 atom stereocenters. The van der Waals surface area contributed by atoms with Gasteiger partial charge in [-0.15, -0.1) is 22.7 Å². The zero-order valence-corrected chi connectivity index (χ0v) is 35.8. The van der Waals surface area contributed by atoms with Crippen molar-refractivity contribution in [3.8, 4) is 65.6 Å². The number of rotatable bonds is 6. The van der Waals surface area contributed by atoms with Crippen molar-refractivity contribution < 1.29 is 0 Å². The molecular weight excluding hydrogens is 789 g/mol. The summed E-state index contributed by atoms with van der Waals surface area (Å²) < 4.78 is 2.43. The van der Waals surface area contributed by atoms with Crippen molar-refractivity contribution in [3.05, 3.63) is 205 Å². The van der Waals surface area contributed by atoms with Crippen molar-refractivity contribution in [2.75, 3.05) is 0 Å². The third-order valence-corrected chi connectivity index (χ3v) is 14.4. The summed E-state index contributed by atoms with van der Waals surface area (Å²) in [7, 11) is 0. The van der Waals surface area contributed by atoms with Gasteiger partial charge in [0.05, 0.1) is 20.4 Å². The summed E-state index contributed by atoms with van der Waals surface area (Å²) in [5, 5.41) is 9.42. The molecule has 2 aromatic heterocycles. The second-order valence-electron chi connectivity index (χ2n) is 16.3. The van der Waals surface area contributed by atoms with E-state index in [-0.39, 0.29) is 0 Å². The summed E-state index contributed by atoms with van der Waals surface area (Å²) in [6.07, 6.45) is 0. The van der Waals surface area contributed by atoms with Crippen LogP contribution in [0.15, 0.2) is 194 Å². The summed E-state index contributed by atoms with van der Waals surface area (Å²) >= 11 is 3.52. The van der Waals surface area contributed by atoms with Gasteiger partial charge in [-0.2, -0.15) is 0 Å². The highest BCUT2D eigenvalue weighted by atomic mass is 32.1. The van der Waals surface area contributed by atoms with Gasteiger partial charge in [-0.3, -0.25) is 0 Å². The Bertz CT molecular complexity index is 3680. The molecule has 0 radical (unpaired) electrons. The summed E-state index contributed by atoms with van der Waals surface area (Å²) in [6.45, 7) is 4.28. The molecule has 0 aliphatic carbocycles. The second kappa shape index (κ2) is 14.7. The number of aryl methyl sites for hydroxylation is 2. The largest absolute Gasteiger partial charge is 0.236 e. The van der Waals surface area contributed by atoms with Crippen molar-refractivity contribution in [3.63, 3.8) is 0 Å². The average molecular weight is 827 g/mol. The molecule has 2 nitrogen and oxygen atoms in total. The van der Waals surface area contributed by atoms with Crippen LogP contribution in [0.5, 0.6) is 0 Å². The molecule has 0 N–H and O–H groups in total. The molecule has 12 aromatic rings. The fraction of sp³-hybridized carbons (Fsp3) is 0.0345. The van der Waals surface area contributed by atoms with E-state index in [0.29, 0.717) is 0 Å². The predicted octanol–water partition coefficient (Wildman–Crippen LogP) is 17.0. The lowest BCUT2D eigenvalue weighted by molar-refractivity contribution is 1.45. The van der Waals surface area contributed by atoms with E-state index in [9.17, 15) is 0 Å². The predicted molar refractivity (Wildman–Crippen MR) is 267 cm³/mol. The van der Waals surface area contributed by atoms with Crippen molar-refractivity contribution in [1.82, 2.24) is 9.97 Å². The van der Waals surface area contributed by atoms with Crippen LogP contribution in [-0.2, 0) is 0 Å². The van der Waals surface area contributed by atoms with Crippen LogP contribution in [0.3, 0.4) is 0 Å². The fourth-order valence-electron chi connectivity index (χ4n) is 9.25. The standard InChI is InChI=1S/C58H38N2S2/c1-35-17-29-49-51(31-35)61-57(59-49)41-23-19-39(20-24-41)53-46-28-27-45(37-11-5-3-6-12-37)54(38-13-7-4-8-14-38)56(46)55(48-34-44-16-10-9-15-43(44)33-47(48)53)40-21-25-42(26-22-40)58-60-50-30-18-36(2)32-52(50)62-58/h3-34H,1-2H3. The van der Waals surface area contributed by atoms with E-state index >= 15 is 0 Å². The van der Waals surface area contributed by atoms with Crippen LogP contribution >= 0.6 is 22.7 Å². The number of hydrogen-bond acceptors (Lipinski definition) is 4. The zero-order valence-electron chi connectivity index (χ0n) is 34.2. The minimum Gasteiger partial charge on any atom is -0.236 e. The van der Waals surface area contributed by atoms with Crippen LogP contribution in [0.25, 0.3) is 118 Å². The van der Waals surface area contributed by atoms with E-state index in [1.54, 1.807) is 22.7 Å². The van der Waals surface area contributed by atoms with Crippen molar-refractivity contribution in [1.29, 1.82) is 0 Å². The molecule has 292 valence electrons. The maximum Gasteiger partial charge on any atom is 0.124 e.